The van der Waals surface area contributed by atoms with Crippen LogP contribution in [0.4, 0.5) is 9.93 Å². The molecule has 1 aliphatic rings. The molecule has 23 heavy (non-hydrogen) atoms. The molecule has 0 saturated heterocycles. The van der Waals surface area contributed by atoms with E-state index < -0.39 is 0 Å². The van der Waals surface area contributed by atoms with Gasteiger partial charge in [-0.3, -0.25) is 5.32 Å². The number of ether oxygens (including phenoxy) is 1. The number of para-hydroxylation sites is 2. The van der Waals surface area contributed by atoms with E-state index in [1.165, 1.54) is 11.3 Å². The third kappa shape index (κ3) is 2.85. The number of hydrogen-bond acceptors (Lipinski definition) is 4. The minimum atomic E-state index is -0.245. The average Bonchev–Trinajstić information content (AvgIpc) is 2.97. The summed E-state index contributed by atoms with van der Waals surface area (Å²) < 4.78 is 6.67. The number of carbonyl (C=O) groups is 1. The Morgan fingerprint density at radius 1 is 1.17 bits per heavy atom. The number of nitrogens with one attached hydrogen (secondary N) is 2. The van der Waals surface area contributed by atoms with Gasteiger partial charge in [-0.15, -0.1) is 0 Å². The highest BCUT2D eigenvalue weighted by Crippen LogP contribution is 2.31. The van der Waals surface area contributed by atoms with Crippen LogP contribution in [0.1, 0.15) is 18.0 Å². The molecule has 1 atom stereocenters. The topological polar surface area (TPSA) is 63.2 Å². The highest BCUT2D eigenvalue weighted by atomic mass is 32.1. The Morgan fingerprint density at radius 2 is 2.00 bits per heavy atom. The molecule has 1 unspecified atom stereocenters. The van der Waals surface area contributed by atoms with Crippen molar-refractivity contribution in [3.63, 3.8) is 0 Å². The minimum absolute atomic E-state index is 0.0469. The number of hydrogen-bond donors (Lipinski definition) is 2. The number of aromatic nitrogens is 1. The third-order valence-electron chi connectivity index (χ3n) is 3.78. The van der Waals surface area contributed by atoms with Crippen LogP contribution >= 0.6 is 11.3 Å². The quantitative estimate of drug-likeness (QED) is 0.750. The molecular weight excluding hydrogens is 310 g/mol. The number of urea groups is 1. The molecule has 2 heterocycles. The maximum atomic E-state index is 12.3. The number of rotatable bonds is 2. The Labute approximate surface area is 137 Å². The first kappa shape index (κ1) is 14.0. The van der Waals surface area contributed by atoms with Crippen molar-refractivity contribution >= 4 is 32.7 Å². The van der Waals surface area contributed by atoms with Gasteiger partial charge in [0.2, 0.25) is 0 Å². The van der Waals surface area contributed by atoms with Crippen LogP contribution in [0.15, 0.2) is 48.5 Å². The molecule has 2 amide bonds. The van der Waals surface area contributed by atoms with Crippen molar-refractivity contribution in [1.82, 2.24) is 10.3 Å². The number of fused-ring (bicyclic) bond motifs is 2. The Hall–Kier alpha value is -2.60. The molecule has 2 N–H and O–H groups in total. The first-order valence-corrected chi connectivity index (χ1v) is 8.26. The second kappa shape index (κ2) is 5.89. The molecule has 1 aromatic heterocycles. The zero-order valence-corrected chi connectivity index (χ0v) is 13.1. The molecule has 6 heteroatoms. The van der Waals surface area contributed by atoms with Crippen LogP contribution in [0.3, 0.4) is 0 Å². The van der Waals surface area contributed by atoms with Gasteiger partial charge in [-0.1, -0.05) is 41.7 Å². The second-order valence-corrected chi connectivity index (χ2v) is 6.34. The fraction of sp³-hybridized carbons (Fsp3) is 0.176. The summed E-state index contributed by atoms with van der Waals surface area (Å²) in [5.74, 6) is 0.837. The lowest BCUT2D eigenvalue weighted by molar-refractivity contribution is 0.232. The standard InChI is InChI=1S/C17H15N3O2S/c21-16(20-17-19-13-6-2-4-8-15(13)23-17)18-12-9-10-22-14-7-3-1-5-11(12)14/h1-8,12H,9-10H2,(H2,18,19,20,21). The summed E-state index contributed by atoms with van der Waals surface area (Å²) in [6.45, 7) is 0.600. The van der Waals surface area contributed by atoms with Gasteiger partial charge in [0.25, 0.3) is 0 Å². The van der Waals surface area contributed by atoms with E-state index in [1.807, 2.05) is 48.5 Å². The van der Waals surface area contributed by atoms with E-state index in [2.05, 4.69) is 15.6 Å². The van der Waals surface area contributed by atoms with Gasteiger partial charge in [0.1, 0.15) is 5.75 Å². The summed E-state index contributed by atoms with van der Waals surface area (Å²) in [5, 5.41) is 6.43. The lowest BCUT2D eigenvalue weighted by Crippen LogP contribution is -2.35. The number of anilines is 1. The molecule has 1 aliphatic heterocycles. The van der Waals surface area contributed by atoms with Gasteiger partial charge < -0.3 is 10.1 Å². The zero-order valence-electron chi connectivity index (χ0n) is 12.3. The van der Waals surface area contributed by atoms with Gasteiger partial charge in [-0.25, -0.2) is 9.78 Å². The van der Waals surface area contributed by atoms with Gasteiger partial charge in [0.15, 0.2) is 5.13 Å². The first-order valence-electron chi connectivity index (χ1n) is 7.44. The molecule has 0 spiro atoms. The van der Waals surface area contributed by atoms with Crippen molar-refractivity contribution in [3.05, 3.63) is 54.1 Å². The average molecular weight is 325 g/mol. The van der Waals surface area contributed by atoms with E-state index in [1.54, 1.807) is 0 Å². The normalized spacial score (nSPS) is 16.4. The van der Waals surface area contributed by atoms with Crippen LogP contribution < -0.4 is 15.4 Å². The predicted octanol–water partition coefficient (Wildman–Crippen LogP) is 3.94. The van der Waals surface area contributed by atoms with Crippen molar-refractivity contribution in [3.8, 4) is 5.75 Å². The Kier molecular flexibility index (Phi) is 3.59. The SMILES string of the molecule is O=C(Nc1nc2ccccc2s1)NC1CCOc2ccccc21. The Balaban J connectivity index is 1.48. The highest BCUT2D eigenvalue weighted by molar-refractivity contribution is 7.22. The zero-order chi connectivity index (χ0) is 15.6. The van der Waals surface area contributed by atoms with Crippen LogP contribution in [-0.4, -0.2) is 17.6 Å². The summed E-state index contributed by atoms with van der Waals surface area (Å²) in [7, 11) is 0. The molecule has 5 nitrogen and oxygen atoms in total. The lowest BCUT2D eigenvalue weighted by Gasteiger charge is -2.26. The van der Waals surface area contributed by atoms with E-state index in [-0.39, 0.29) is 12.1 Å². The molecule has 4 rings (SSSR count). The number of nitrogens with zero attached hydrogens (tertiary/aromatic N) is 1. The lowest BCUT2D eigenvalue weighted by atomic mass is 10.0. The van der Waals surface area contributed by atoms with E-state index in [4.69, 9.17) is 4.74 Å². The Bertz CT molecular complexity index is 829. The maximum absolute atomic E-state index is 12.3. The summed E-state index contributed by atoms with van der Waals surface area (Å²) in [6, 6.07) is 15.3. The summed E-state index contributed by atoms with van der Waals surface area (Å²) in [6.07, 6.45) is 0.754. The van der Waals surface area contributed by atoms with Gasteiger partial charge in [-0.2, -0.15) is 0 Å². The largest absolute Gasteiger partial charge is 0.493 e. The number of thiazole rings is 1. The minimum Gasteiger partial charge on any atom is -0.493 e. The van der Waals surface area contributed by atoms with Gasteiger partial charge in [-0.05, 0) is 18.2 Å². The van der Waals surface area contributed by atoms with E-state index in [9.17, 15) is 4.79 Å². The van der Waals surface area contributed by atoms with Crippen LogP contribution in [0, 0.1) is 0 Å². The molecule has 0 saturated carbocycles. The summed E-state index contributed by atoms with van der Waals surface area (Å²) in [5.41, 5.74) is 1.91. The fourth-order valence-electron chi connectivity index (χ4n) is 2.71. The van der Waals surface area contributed by atoms with Crippen molar-refractivity contribution in [2.45, 2.75) is 12.5 Å². The van der Waals surface area contributed by atoms with Gasteiger partial charge >= 0.3 is 6.03 Å². The molecular formula is C17H15N3O2S. The molecule has 0 bridgehead atoms. The Morgan fingerprint density at radius 3 is 2.91 bits per heavy atom. The first-order chi connectivity index (χ1) is 11.3. The van der Waals surface area contributed by atoms with Gasteiger partial charge in [0, 0.05) is 12.0 Å². The van der Waals surface area contributed by atoms with Crippen LogP contribution in [0.25, 0.3) is 10.2 Å². The van der Waals surface area contributed by atoms with E-state index >= 15 is 0 Å². The predicted molar refractivity (Wildman–Crippen MR) is 91.1 cm³/mol. The van der Waals surface area contributed by atoms with Crippen molar-refractivity contribution in [2.75, 3.05) is 11.9 Å². The highest BCUT2D eigenvalue weighted by Gasteiger charge is 2.22. The van der Waals surface area contributed by atoms with Crippen LogP contribution in [-0.2, 0) is 0 Å². The number of carbonyl (C=O) groups excluding carboxylic acids is 1. The molecule has 2 aromatic carbocycles. The number of amides is 2. The summed E-state index contributed by atoms with van der Waals surface area (Å²) >= 11 is 1.47. The van der Waals surface area contributed by atoms with Crippen molar-refractivity contribution < 1.29 is 9.53 Å². The number of benzene rings is 2. The monoisotopic (exact) mass is 325 g/mol. The smallest absolute Gasteiger partial charge is 0.321 e. The van der Waals surface area contributed by atoms with Gasteiger partial charge in [0.05, 0.1) is 22.9 Å². The fourth-order valence-corrected chi connectivity index (χ4v) is 3.57. The second-order valence-electron chi connectivity index (χ2n) is 5.31. The molecule has 0 radical (unpaired) electrons. The van der Waals surface area contributed by atoms with E-state index in [0.29, 0.717) is 11.7 Å². The maximum Gasteiger partial charge on any atom is 0.321 e. The van der Waals surface area contributed by atoms with Crippen molar-refractivity contribution in [2.24, 2.45) is 0 Å². The van der Waals surface area contributed by atoms with Crippen LogP contribution in [0.2, 0.25) is 0 Å². The van der Waals surface area contributed by atoms with Crippen molar-refractivity contribution in [1.29, 1.82) is 0 Å². The molecule has 0 fully saturated rings. The third-order valence-corrected chi connectivity index (χ3v) is 4.73. The van der Waals surface area contributed by atoms with Crippen LogP contribution in [0.5, 0.6) is 5.75 Å². The molecule has 116 valence electrons. The summed E-state index contributed by atoms with van der Waals surface area (Å²) in [4.78, 5) is 16.7. The van der Waals surface area contributed by atoms with E-state index in [0.717, 1.165) is 28.0 Å². The molecule has 3 aromatic rings. The molecule has 0 aliphatic carbocycles.